The molecule has 0 saturated carbocycles. The van der Waals surface area contributed by atoms with Crippen molar-refractivity contribution in [1.82, 2.24) is 0 Å². The normalized spacial score (nSPS) is 10.2. The van der Waals surface area contributed by atoms with Gasteiger partial charge < -0.3 is 0 Å². The molecule has 1 aromatic rings. The maximum atomic E-state index is 5.37. The van der Waals surface area contributed by atoms with E-state index in [9.17, 15) is 0 Å². The third-order valence-corrected chi connectivity index (χ3v) is 3.76. The molecule has 64 valence electrons. The van der Waals surface area contributed by atoms with Crippen LogP contribution in [-0.2, 0) is 11.3 Å². The number of hydrogen-bond acceptors (Lipinski definition) is 1. The van der Waals surface area contributed by atoms with Gasteiger partial charge in [-0.15, -0.1) is 0 Å². The third kappa shape index (κ3) is 2.53. The van der Waals surface area contributed by atoms with Crippen LogP contribution >= 0.6 is 0 Å². The van der Waals surface area contributed by atoms with Crippen LogP contribution in [0.4, 0.5) is 0 Å². The van der Waals surface area contributed by atoms with E-state index in [0.717, 1.165) is 13.2 Å². The fourth-order valence-electron chi connectivity index (χ4n) is 1.04. The summed E-state index contributed by atoms with van der Waals surface area (Å²) < 4.78 is 6.82. The van der Waals surface area contributed by atoms with E-state index in [2.05, 4.69) is 25.1 Å². The zero-order valence-corrected chi connectivity index (χ0v) is 11.0. The van der Waals surface area contributed by atoms with E-state index in [1.807, 2.05) is 6.92 Å². The second kappa shape index (κ2) is 4.94. The van der Waals surface area contributed by atoms with E-state index in [1.165, 1.54) is 39.1 Å². The van der Waals surface area contributed by atoms with E-state index in [0.29, 0.717) is 0 Å². The average molecular weight is 358 g/mol. The van der Waals surface area contributed by atoms with Gasteiger partial charge in [0.2, 0.25) is 0 Å². The van der Waals surface area contributed by atoms with Crippen LogP contribution in [-0.4, -0.2) is 31.3 Å². The summed E-state index contributed by atoms with van der Waals surface area (Å²) in [6.45, 7) is 5.75. The van der Waals surface area contributed by atoms with Crippen LogP contribution in [0, 0.1) is 6.92 Å². The molecule has 0 heterocycles. The molecule has 0 aromatic heterocycles. The summed E-state index contributed by atoms with van der Waals surface area (Å²) in [6.07, 6.45) is 0. The Balaban J connectivity index is 2.78. The molecule has 0 N–H and O–H groups in total. The predicted molar refractivity (Wildman–Crippen MR) is 51.9 cm³/mol. The Morgan fingerprint density at radius 1 is 1.42 bits per heavy atom. The Labute approximate surface area is 89.0 Å². The van der Waals surface area contributed by atoms with Crippen molar-refractivity contribution in [2.75, 3.05) is 6.61 Å². The van der Waals surface area contributed by atoms with Crippen LogP contribution in [0.5, 0.6) is 0 Å². The fraction of sp³-hybridized carbons (Fsp3) is 0.400. The molecule has 0 saturated heterocycles. The molecule has 0 atom stereocenters. The first-order valence-corrected chi connectivity index (χ1v) is 5.84. The van der Waals surface area contributed by atoms with Gasteiger partial charge in [0.05, 0.1) is 0 Å². The molecule has 2 radical (unpaired) electrons. The fourth-order valence-corrected chi connectivity index (χ4v) is 1.93. The summed E-state index contributed by atoms with van der Waals surface area (Å²) in [4.78, 5) is 0. The molecule has 0 bridgehead atoms. The van der Waals surface area contributed by atoms with Crippen LogP contribution < -0.4 is 3.27 Å². The number of benzene rings is 1. The molecule has 0 aliphatic heterocycles. The van der Waals surface area contributed by atoms with Crippen LogP contribution in [0.1, 0.15) is 18.1 Å². The summed E-state index contributed by atoms with van der Waals surface area (Å²) in [7, 11) is 0. The topological polar surface area (TPSA) is 9.23 Å². The Bertz CT molecular complexity index is 258. The Morgan fingerprint density at radius 2 is 2.17 bits per heavy atom. The van der Waals surface area contributed by atoms with Crippen molar-refractivity contribution in [3.05, 3.63) is 29.3 Å². The van der Waals surface area contributed by atoms with Gasteiger partial charge in [-0.05, 0) is 0 Å². The molecule has 2 heteroatoms. The maximum absolute atomic E-state index is 5.37. The number of hydrogen-bond donors (Lipinski definition) is 0. The van der Waals surface area contributed by atoms with Crippen molar-refractivity contribution in [2.45, 2.75) is 20.5 Å². The van der Waals surface area contributed by atoms with Crippen LogP contribution in [0.25, 0.3) is 0 Å². The monoisotopic (exact) mass is 358 g/mol. The summed E-state index contributed by atoms with van der Waals surface area (Å²) in [5.74, 6) is 0. The summed E-state index contributed by atoms with van der Waals surface area (Å²) in [5.41, 5.74) is 2.73. The Hall–Kier alpha value is 0.0631. The zero-order valence-electron chi connectivity index (χ0n) is 7.50. The molecular weight excluding hydrogens is 345 g/mol. The summed E-state index contributed by atoms with van der Waals surface area (Å²) in [6, 6.07) is 6.43. The van der Waals surface area contributed by atoms with Gasteiger partial charge in [-0.2, -0.15) is 0 Å². The first kappa shape index (κ1) is 10.1. The molecule has 0 aliphatic carbocycles. The number of ether oxygens (including phenoxy) is 1. The SMILES string of the molecule is CCOCc1ccc[c]([Bi])c1C. The summed E-state index contributed by atoms with van der Waals surface area (Å²) in [5, 5.41) is 0. The molecule has 0 aliphatic rings. The van der Waals surface area contributed by atoms with Crippen LogP contribution in [0.15, 0.2) is 18.2 Å². The molecule has 0 unspecified atom stereocenters. The van der Waals surface area contributed by atoms with Crippen molar-refractivity contribution >= 4 is 28.0 Å². The molecule has 0 spiro atoms. The van der Waals surface area contributed by atoms with Gasteiger partial charge in [0.15, 0.2) is 0 Å². The zero-order chi connectivity index (χ0) is 8.97. The van der Waals surface area contributed by atoms with Gasteiger partial charge in [0.25, 0.3) is 0 Å². The first-order valence-electron chi connectivity index (χ1n) is 4.11. The minimum atomic E-state index is 0.758. The van der Waals surface area contributed by atoms with Crippen molar-refractivity contribution in [3.8, 4) is 0 Å². The van der Waals surface area contributed by atoms with Gasteiger partial charge in [-0.25, -0.2) is 0 Å². The van der Waals surface area contributed by atoms with E-state index in [4.69, 9.17) is 4.74 Å². The average Bonchev–Trinajstić information content (AvgIpc) is 2.08. The van der Waals surface area contributed by atoms with Crippen molar-refractivity contribution < 1.29 is 4.74 Å². The molecule has 12 heavy (non-hydrogen) atoms. The second-order valence-corrected chi connectivity index (χ2v) is 4.57. The van der Waals surface area contributed by atoms with Gasteiger partial charge in [0.1, 0.15) is 0 Å². The van der Waals surface area contributed by atoms with Gasteiger partial charge in [-0.3, -0.25) is 0 Å². The quantitative estimate of drug-likeness (QED) is 0.741. The van der Waals surface area contributed by atoms with E-state index in [-0.39, 0.29) is 0 Å². The van der Waals surface area contributed by atoms with Crippen molar-refractivity contribution in [2.24, 2.45) is 0 Å². The first-order chi connectivity index (χ1) is 5.75. The van der Waals surface area contributed by atoms with Gasteiger partial charge in [-0.1, -0.05) is 0 Å². The van der Waals surface area contributed by atoms with E-state index >= 15 is 0 Å². The Kier molecular flexibility index (Phi) is 4.17. The molecule has 1 nitrogen and oxygen atoms in total. The number of rotatable bonds is 3. The molecular formula is C10H13BiO. The second-order valence-electron chi connectivity index (χ2n) is 2.70. The van der Waals surface area contributed by atoms with E-state index in [1.54, 1.807) is 0 Å². The van der Waals surface area contributed by atoms with Gasteiger partial charge in [0, 0.05) is 0 Å². The van der Waals surface area contributed by atoms with Crippen molar-refractivity contribution in [1.29, 1.82) is 0 Å². The minimum absolute atomic E-state index is 0.758. The predicted octanol–water partition coefficient (Wildman–Crippen LogP) is 1.33. The van der Waals surface area contributed by atoms with Crippen LogP contribution in [0.3, 0.4) is 0 Å². The van der Waals surface area contributed by atoms with Crippen molar-refractivity contribution in [3.63, 3.8) is 0 Å². The summed E-state index contributed by atoms with van der Waals surface area (Å²) >= 11 is 1.33. The molecule has 1 aromatic carbocycles. The Morgan fingerprint density at radius 3 is 2.83 bits per heavy atom. The van der Waals surface area contributed by atoms with Crippen LogP contribution in [0.2, 0.25) is 0 Å². The third-order valence-electron chi connectivity index (χ3n) is 1.88. The van der Waals surface area contributed by atoms with E-state index < -0.39 is 0 Å². The molecule has 0 fully saturated rings. The standard InChI is InChI=1S/C10H13O.Bi/c1-3-11-8-10-7-5-4-6-9(10)2;/h4-5,7H,3,8H2,1-2H3;. The molecule has 1 rings (SSSR count). The van der Waals surface area contributed by atoms with Gasteiger partial charge >= 0.3 is 89.1 Å². The molecule has 0 amide bonds.